The lowest BCUT2D eigenvalue weighted by Crippen LogP contribution is -2.31. The van der Waals surface area contributed by atoms with E-state index in [0.29, 0.717) is 12.1 Å². The second kappa shape index (κ2) is 6.91. The number of esters is 1. The van der Waals surface area contributed by atoms with Crippen LogP contribution in [-0.2, 0) is 25.7 Å². The molecule has 1 N–H and O–H groups in total. The third-order valence-corrected chi connectivity index (χ3v) is 3.93. The zero-order valence-electron chi connectivity index (χ0n) is 11.6. The molecule has 1 rings (SSSR count). The zero-order valence-corrected chi connectivity index (χ0v) is 12.4. The number of nitrogens with zero attached hydrogens (tertiary/aromatic N) is 1. The van der Waals surface area contributed by atoms with Crippen molar-refractivity contribution in [3.63, 3.8) is 0 Å². The average Bonchev–Trinajstić information content (AvgIpc) is 2.44. The third kappa shape index (κ3) is 4.89. The van der Waals surface area contributed by atoms with E-state index in [1.807, 2.05) is 0 Å². The normalized spacial score (nSPS) is 12.0. The highest BCUT2D eigenvalue weighted by Gasteiger charge is 2.35. The predicted molar refractivity (Wildman–Crippen MR) is 69.9 cm³/mol. The molecule has 0 amide bonds. The van der Waals surface area contributed by atoms with E-state index in [2.05, 4.69) is 4.74 Å². The summed E-state index contributed by atoms with van der Waals surface area (Å²) < 4.78 is 67.7. The lowest BCUT2D eigenvalue weighted by atomic mass is 10.2. The molecule has 8 nitrogen and oxygen atoms in total. The van der Waals surface area contributed by atoms with Crippen LogP contribution in [0.2, 0.25) is 0 Å². The van der Waals surface area contributed by atoms with Crippen LogP contribution < -0.4 is 4.72 Å². The number of carbonyl (C=O) groups excluding carboxylic acids is 1. The van der Waals surface area contributed by atoms with Crippen LogP contribution >= 0.6 is 0 Å². The fourth-order valence-electron chi connectivity index (χ4n) is 1.51. The molecule has 0 aliphatic heterocycles. The number of hydrogen-bond donors (Lipinski definition) is 1. The standard InChI is InChI=1S/C11H11F3N2O6S/c1-2-22-10(17)6-15-23(20,21)9-4-3-7(11(12,13)14)5-8(9)16(18)19/h3-5,15H,2,6H2,1H3. The van der Waals surface area contributed by atoms with Crippen LogP contribution in [-0.4, -0.2) is 32.5 Å². The number of benzene rings is 1. The maximum atomic E-state index is 12.5. The molecular weight excluding hydrogens is 345 g/mol. The first-order valence-corrected chi connectivity index (χ1v) is 7.48. The number of carbonyl (C=O) groups is 1. The summed E-state index contributed by atoms with van der Waals surface area (Å²) in [5.74, 6) is -0.939. The van der Waals surface area contributed by atoms with Gasteiger partial charge in [-0.25, -0.2) is 8.42 Å². The molecule has 0 saturated carbocycles. The number of ether oxygens (including phenoxy) is 1. The second-order valence-electron chi connectivity index (χ2n) is 4.07. The van der Waals surface area contributed by atoms with E-state index in [1.54, 1.807) is 4.72 Å². The van der Waals surface area contributed by atoms with Crippen molar-refractivity contribution in [3.05, 3.63) is 33.9 Å². The Morgan fingerprint density at radius 3 is 2.48 bits per heavy atom. The largest absolute Gasteiger partial charge is 0.465 e. The summed E-state index contributed by atoms with van der Waals surface area (Å²) in [7, 11) is -4.57. The summed E-state index contributed by atoms with van der Waals surface area (Å²) in [5.41, 5.74) is -2.62. The fraction of sp³-hybridized carbons (Fsp3) is 0.364. The van der Waals surface area contributed by atoms with Gasteiger partial charge in [-0.15, -0.1) is 0 Å². The Kier molecular flexibility index (Phi) is 5.66. The van der Waals surface area contributed by atoms with Gasteiger partial charge in [0.1, 0.15) is 6.54 Å². The van der Waals surface area contributed by atoms with Crippen molar-refractivity contribution in [3.8, 4) is 0 Å². The van der Waals surface area contributed by atoms with Crippen molar-refractivity contribution in [1.29, 1.82) is 0 Å². The first-order chi connectivity index (χ1) is 10.5. The minimum Gasteiger partial charge on any atom is -0.465 e. The smallest absolute Gasteiger partial charge is 0.416 e. The van der Waals surface area contributed by atoms with E-state index in [9.17, 15) is 36.5 Å². The molecule has 12 heteroatoms. The van der Waals surface area contributed by atoms with Gasteiger partial charge >= 0.3 is 12.1 Å². The fourth-order valence-corrected chi connectivity index (χ4v) is 2.63. The second-order valence-corrected chi connectivity index (χ2v) is 5.80. The highest BCUT2D eigenvalue weighted by Crippen LogP contribution is 2.34. The van der Waals surface area contributed by atoms with Crippen LogP contribution in [0.5, 0.6) is 0 Å². The van der Waals surface area contributed by atoms with Crippen molar-refractivity contribution in [1.82, 2.24) is 4.72 Å². The van der Waals surface area contributed by atoms with Gasteiger partial charge in [0.05, 0.1) is 17.1 Å². The first-order valence-electron chi connectivity index (χ1n) is 6.00. The Morgan fingerprint density at radius 1 is 1.39 bits per heavy atom. The average molecular weight is 356 g/mol. The number of alkyl halides is 3. The summed E-state index contributed by atoms with van der Waals surface area (Å²) >= 11 is 0. The van der Waals surface area contributed by atoms with Gasteiger partial charge in [-0.1, -0.05) is 0 Å². The molecule has 0 aromatic heterocycles. The molecule has 128 valence electrons. The lowest BCUT2D eigenvalue weighted by Gasteiger charge is -2.10. The van der Waals surface area contributed by atoms with Crippen LogP contribution in [0.15, 0.2) is 23.1 Å². The number of nitro groups is 1. The van der Waals surface area contributed by atoms with Crippen molar-refractivity contribution in [2.24, 2.45) is 0 Å². The number of hydrogen-bond acceptors (Lipinski definition) is 6. The Balaban J connectivity index is 3.20. The van der Waals surface area contributed by atoms with Crippen LogP contribution in [0, 0.1) is 10.1 Å². The number of sulfonamides is 1. The Bertz CT molecular complexity index is 717. The van der Waals surface area contributed by atoms with Crippen LogP contribution in [0.1, 0.15) is 12.5 Å². The van der Waals surface area contributed by atoms with E-state index < -0.39 is 49.8 Å². The predicted octanol–water partition coefficient (Wildman–Crippen LogP) is 1.45. The summed E-state index contributed by atoms with van der Waals surface area (Å²) in [6, 6.07) is 0.958. The molecule has 0 spiro atoms. The molecular formula is C11H11F3N2O6S. The van der Waals surface area contributed by atoms with E-state index in [-0.39, 0.29) is 12.7 Å². The van der Waals surface area contributed by atoms with Gasteiger partial charge in [0.25, 0.3) is 5.69 Å². The summed E-state index contributed by atoms with van der Waals surface area (Å²) in [6.07, 6.45) is -4.87. The SMILES string of the molecule is CCOC(=O)CNS(=O)(=O)c1ccc(C(F)(F)F)cc1[N+](=O)[O-]. The quantitative estimate of drug-likeness (QED) is 0.469. The molecule has 0 bridgehead atoms. The molecule has 0 aliphatic rings. The van der Waals surface area contributed by atoms with Gasteiger partial charge in [0.15, 0.2) is 4.90 Å². The zero-order chi connectivity index (χ0) is 17.8. The van der Waals surface area contributed by atoms with Crippen LogP contribution in [0.4, 0.5) is 18.9 Å². The molecule has 0 aliphatic carbocycles. The number of nitrogens with one attached hydrogen (secondary N) is 1. The summed E-state index contributed by atoms with van der Waals surface area (Å²) in [4.78, 5) is 19.7. The van der Waals surface area contributed by atoms with Gasteiger partial charge in [0.2, 0.25) is 10.0 Å². The molecule has 0 atom stereocenters. The van der Waals surface area contributed by atoms with Crippen molar-refractivity contribution < 1.29 is 36.0 Å². The number of halogens is 3. The maximum Gasteiger partial charge on any atom is 0.416 e. The molecule has 1 aromatic rings. The van der Waals surface area contributed by atoms with Gasteiger partial charge in [-0.2, -0.15) is 17.9 Å². The molecule has 0 fully saturated rings. The topological polar surface area (TPSA) is 116 Å². The maximum absolute atomic E-state index is 12.5. The van der Waals surface area contributed by atoms with Gasteiger partial charge in [-0.3, -0.25) is 14.9 Å². The third-order valence-electron chi connectivity index (χ3n) is 2.48. The minimum absolute atomic E-state index is 0.0129. The van der Waals surface area contributed by atoms with Gasteiger partial charge in [0, 0.05) is 6.07 Å². The molecule has 0 radical (unpaired) electrons. The molecule has 0 saturated heterocycles. The lowest BCUT2D eigenvalue weighted by molar-refractivity contribution is -0.388. The first kappa shape index (κ1) is 18.8. The molecule has 0 heterocycles. The molecule has 0 unspecified atom stereocenters. The van der Waals surface area contributed by atoms with Crippen LogP contribution in [0.25, 0.3) is 0 Å². The number of nitro benzene ring substituents is 1. The highest BCUT2D eigenvalue weighted by molar-refractivity contribution is 7.89. The Labute approximate surface area is 128 Å². The van der Waals surface area contributed by atoms with Gasteiger partial charge in [-0.05, 0) is 19.1 Å². The number of rotatable bonds is 6. The van der Waals surface area contributed by atoms with E-state index in [4.69, 9.17) is 0 Å². The monoisotopic (exact) mass is 356 g/mol. The molecule has 23 heavy (non-hydrogen) atoms. The Morgan fingerprint density at radius 2 is 2.00 bits per heavy atom. The van der Waals surface area contributed by atoms with Crippen molar-refractivity contribution in [2.45, 2.75) is 18.0 Å². The minimum atomic E-state index is -4.87. The van der Waals surface area contributed by atoms with E-state index in [1.165, 1.54) is 6.92 Å². The summed E-state index contributed by atoms with van der Waals surface area (Å²) in [5, 5.41) is 10.8. The Hall–Kier alpha value is -2.21. The molecule has 1 aromatic carbocycles. The van der Waals surface area contributed by atoms with E-state index >= 15 is 0 Å². The van der Waals surface area contributed by atoms with Gasteiger partial charge < -0.3 is 4.74 Å². The summed E-state index contributed by atoms with van der Waals surface area (Å²) in [6.45, 7) is 0.655. The highest BCUT2D eigenvalue weighted by atomic mass is 32.2. The van der Waals surface area contributed by atoms with Crippen molar-refractivity contribution in [2.75, 3.05) is 13.2 Å². The van der Waals surface area contributed by atoms with Crippen LogP contribution in [0.3, 0.4) is 0 Å². The van der Waals surface area contributed by atoms with Crippen molar-refractivity contribution >= 4 is 21.7 Å². The van der Waals surface area contributed by atoms with E-state index in [0.717, 1.165) is 0 Å².